The lowest BCUT2D eigenvalue weighted by atomic mass is 9.98. The van der Waals surface area contributed by atoms with Crippen molar-refractivity contribution in [2.45, 2.75) is 46.0 Å². The SMILES string of the molecule is CCOC(=O)c1cc(C(C)C)sc1NC(=O)COC(=O)C[C@@H](C)c1ccccc1. The van der Waals surface area contributed by atoms with Gasteiger partial charge in [0.1, 0.15) is 5.00 Å². The van der Waals surface area contributed by atoms with Gasteiger partial charge in [-0.15, -0.1) is 11.3 Å². The maximum atomic E-state index is 12.3. The summed E-state index contributed by atoms with van der Waals surface area (Å²) < 4.78 is 10.2. The second-order valence-electron chi connectivity index (χ2n) is 6.99. The standard InChI is InChI=1S/C22H27NO5S/c1-5-27-22(26)17-12-18(14(2)3)29-21(17)23-19(24)13-28-20(25)11-15(4)16-9-7-6-8-10-16/h6-10,12,14-15H,5,11,13H2,1-4H3,(H,23,24)/t15-/m1/s1. The van der Waals surface area contributed by atoms with E-state index in [1.54, 1.807) is 13.0 Å². The molecule has 0 saturated carbocycles. The predicted molar refractivity (Wildman–Crippen MR) is 113 cm³/mol. The predicted octanol–water partition coefficient (Wildman–Crippen LogP) is 4.72. The van der Waals surface area contributed by atoms with Gasteiger partial charge in [0.2, 0.25) is 0 Å². The number of benzene rings is 1. The number of carbonyl (C=O) groups is 3. The lowest BCUT2D eigenvalue weighted by molar-refractivity contribution is -0.147. The Bertz CT molecular complexity index is 844. The molecule has 7 heteroatoms. The number of anilines is 1. The lowest BCUT2D eigenvalue weighted by Gasteiger charge is -2.11. The lowest BCUT2D eigenvalue weighted by Crippen LogP contribution is -2.22. The van der Waals surface area contributed by atoms with E-state index in [9.17, 15) is 14.4 Å². The Morgan fingerprint density at radius 1 is 1.07 bits per heavy atom. The number of rotatable bonds is 9. The van der Waals surface area contributed by atoms with Crippen molar-refractivity contribution >= 4 is 34.2 Å². The van der Waals surface area contributed by atoms with Crippen molar-refractivity contribution in [1.29, 1.82) is 0 Å². The van der Waals surface area contributed by atoms with Gasteiger partial charge in [-0.05, 0) is 30.4 Å². The van der Waals surface area contributed by atoms with E-state index in [0.717, 1.165) is 10.4 Å². The van der Waals surface area contributed by atoms with Gasteiger partial charge in [0.05, 0.1) is 18.6 Å². The summed E-state index contributed by atoms with van der Waals surface area (Å²) in [6, 6.07) is 11.4. The third-order valence-corrected chi connectivity index (χ3v) is 5.63. The minimum Gasteiger partial charge on any atom is -0.462 e. The van der Waals surface area contributed by atoms with Crippen LogP contribution in [0.1, 0.15) is 66.8 Å². The van der Waals surface area contributed by atoms with Gasteiger partial charge in [-0.2, -0.15) is 0 Å². The summed E-state index contributed by atoms with van der Waals surface area (Å²) >= 11 is 1.32. The van der Waals surface area contributed by atoms with Crippen LogP contribution < -0.4 is 5.32 Å². The van der Waals surface area contributed by atoms with Crippen LogP contribution in [-0.2, 0) is 19.1 Å². The van der Waals surface area contributed by atoms with Gasteiger partial charge in [0, 0.05) is 4.88 Å². The zero-order chi connectivity index (χ0) is 21.4. The highest BCUT2D eigenvalue weighted by Crippen LogP contribution is 2.33. The summed E-state index contributed by atoms with van der Waals surface area (Å²) in [4.78, 5) is 37.4. The summed E-state index contributed by atoms with van der Waals surface area (Å²) in [7, 11) is 0. The van der Waals surface area contributed by atoms with Crippen LogP contribution in [0, 0.1) is 0 Å². The molecule has 1 N–H and O–H groups in total. The molecule has 1 heterocycles. The third-order valence-electron chi connectivity index (χ3n) is 4.27. The summed E-state index contributed by atoms with van der Waals surface area (Å²) in [5.74, 6) is -1.23. The Labute approximate surface area is 175 Å². The molecule has 1 aromatic heterocycles. The van der Waals surface area contributed by atoms with E-state index in [4.69, 9.17) is 9.47 Å². The molecular formula is C22H27NO5S. The number of hydrogen-bond donors (Lipinski definition) is 1. The molecule has 1 atom stereocenters. The maximum Gasteiger partial charge on any atom is 0.341 e. The average Bonchev–Trinajstić information content (AvgIpc) is 3.11. The third kappa shape index (κ3) is 6.71. The summed E-state index contributed by atoms with van der Waals surface area (Å²) in [6.45, 7) is 7.50. The molecule has 2 rings (SSSR count). The zero-order valence-electron chi connectivity index (χ0n) is 17.2. The van der Waals surface area contributed by atoms with E-state index in [2.05, 4.69) is 5.32 Å². The molecule has 1 amide bonds. The number of carbonyl (C=O) groups excluding carboxylic acids is 3. The molecule has 0 unspecified atom stereocenters. The topological polar surface area (TPSA) is 81.7 Å². The first-order valence-electron chi connectivity index (χ1n) is 9.63. The van der Waals surface area contributed by atoms with Crippen molar-refractivity contribution in [2.24, 2.45) is 0 Å². The molecular weight excluding hydrogens is 390 g/mol. The molecule has 0 aliphatic carbocycles. The number of ether oxygens (including phenoxy) is 2. The van der Waals surface area contributed by atoms with Gasteiger partial charge in [-0.1, -0.05) is 51.1 Å². The normalized spacial score (nSPS) is 11.8. The first-order valence-corrected chi connectivity index (χ1v) is 10.4. The van der Waals surface area contributed by atoms with Crippen LogP contribution in [0.15, 0.2) is 36.4 Å². The molecule has 6 nitrogen and oxygen atoms in total. The number of esters is 2. The van der Waals surface area contributed by atoms with Gasteiger partial charge in [-0.3, -0.25) is 9.59 Å². The fourth-order valence-electron chi connectivity index (χ4n) is 2.67. The number of hydrogen-bond acceptors (Lipinski definition) is 6. The van der Waals surface area contributed by atoms with Gasteiger partial charge >= 0.3 is 11.9 Å². The number of amides is 1. The van der Waals surface area contributed by atoms with E-state index in [1.807, 2.05) is 51.1 Å². The molecule has 0 bridgehead atoms. The van der Waals surface area contributed by atoms with Crippen molar-refractivity contribution in [1.82, 2.24) is 0 Å². The Morgan fingerprint density at radius 3 is 2.38 bits per heavy atom. The Hall–Kier alpha value is -2.67. The fraction of sp³-hybridized carbons (Fsp3) is 0.409. The van der Waals surface area contributed by atoms with E-state index < -0.39 is 24.5 Å². The van der Waals surface area contributed by atoms with E-state index in [1.165, 1.54) is 11.3 Å². The molecule has 0 aliphatic rings. The van der Waals surface area contributed by atoms with Gasteiger partial charge in [-0.25, -0.2) is 4.79 Å². The molecule has 0 aliphatic heterocycles. The quantitative estimate of drug-likeness (QED) is 0.597. The zero-order valence-corrected chi connectivity index (χ0v) is 18.0. The minimum absolute atomic E-state index is 0.00641. The van der Waals surface area contributed by atoms with Crippen molar-refractivity contribution in [2.75, 3.05) is 18.5 Å². The van der Waals surface area contributed by atoms with Crippen LogP contribution >= 0.6 is 11.3 Å². The van der Waals surface area contributed by atoms with E-state index in [-0.39, 0.29) is 24.9 Å². The molecule has 1 aromatic carbocycles. The highest BCUT2D eigenvalue weighted by Gasteiger charge is 2.21. The number of thiophene rings is 1. The molecule has 0 radical (unpaired) electrons. The Balaban J connectivity index is 1.93. The van der Waals surface area contributed by atoms with E-state index >= 15 is 0 Å². The van der Waals surface area contributed by atoms with Gasteiger partial charge in [0.25, 0.3) is 5.91 Å². The molecule has 0 saturated heterocycles. The van der Waals surface area contributed by atoms with Crippen molar-refractivity contribution in [3.8, 4) is 0 Å². The minimum atomic E-state index is -0.492. The van der Waals surface area contributed by atoms with Crippen LogP contribution in [0.3, 0.4) is 0 Å². The van der Waals surface area contributed by atoms with Crippen molar-refractivity contribution in [3.05, 3.63) is 52.4 Å². The molecule has 29 heavy (non-hydrogen) atoms. The second kappa shape index (κ2) is 10.8. The smallest absolute Gasteiger partial charge is 0.341 e. The Morgan fingerprint density at radius 2 is 1.76 bits per heavy atom. The molecule has 2 aromatic rings. The van der Waals surface area contributed by atoms with Crippen LogP contribution in [0.25, 0.3) is 0 Å². The Kier molecular flexibility index (Phi) is 8.39. The highest BCUT2D eigenvalue weighted by molar-refractivity contribution is 7.16. The fourth-order valence-corrected chi connectivity index (χ4v) is 3.73. The maximum absolute atomic E-state index is 12.3. The van der Waals surface area contributed by atoms with Crippen LogP contribution in [0.5, 0.6) is 0 Å². The van der Waals surface area contributed by atoms with Crippen LogP contribution in [0.4, 0.5) is 5.00 Å². The summed E-state index contributed by atoms with van der Waals surface area (Å²) in [6.07, 6.45) is 0.182. The second-order valence-corrected chi connectivity index (χ2v) is 8.08. The monoisotopic (exact) mass is 417 g/mol. The molecule has 0 spiro atoms. The van der Waals surface area contributed by atoms with Crippen LogP contribution in [0.2, 0.25) is 0 Å². The largest absolute Gasteiger partial charge is 0.462 e. The summed E-state index contributed by atoms with van der Waals surface area (Å²) in [5, 5.41) is 3.08. The van der Waals surface area contributed by atoms with E-state index in [0.29, 0.717) is 10.6 Å². The first-order chi connectivity index (χ1) is 13.8. The van der Waals surface area contributed by atoms with Crippen molar-refractivity contribution < 1.29 is 23.9 Å². The van der Waals surface area contributed by atoms with Gasteiger partial charge < -0.3 is 14.8 Å². The van der Waals surface area contributed by atoms with Crippen molar-refractivity contribution in [3.63, 3.8) is 0 Å². The van der Waals surface area contributed by atoms with Crippen LogP contribution in [-0.4, -0.2) is 31.1 Å². The van der Waals surface area contributed by atoms with Gasteiger partial charge in [0.15, 0.2) is 6.61 Å². The summed E-state index contributed by atoms with van der Waals surface area (Å²) in [5.41, 5.74) is 1.35. The number of nitrogens with one attached hydrogen (secondary N) is 1. The first kappa shape index (κ1) is 22.6. The highest BCUT2D eigenvalue weighted by atomic mass is 32.1. The average molecular weight is 418 g/mol. The molecule has 156 valence electrons. The molecule has 0 fully saturated rings.